The molecule has 25 heavy (non-hydrogen) atoms. The lowest BCUT2D eigenvalue weighted by Gasteiger charge is -2.18. The minimum Gasteiger partial charge on any atom is -0.466 e. The van der Waals surface area contributed by atoms with E-state index in [0.717, 1.165) is 24.2 Å². The number of esters is 1. The number of hydrogen-bond donors (Lipinski definition) is 2. The Hall–Kier alpha value is -2.89. The summed E-state index contributed by atoms with van der Waals surface area (Å²) in [6, 6.07) is 8.75. The highest BCUT2D eigenvalue weighted by Gasteiger charge is 2.21. The van der Waals surface area contributed by atoms with Crippen LogP contribution in [0.5, 0.6) is 0 Å². The first-order valence-electron chi connectivity index (χ1n) is 8.40. The number of rotatable bonds is 6. The predicted octanol–water partition coefficient (Wildman–Crippen LogP) is 2.47. The van der Waals surface area contributed by atoms with Crippen molar-refractivity contribution in [2.24, 2.45) is 0 Å². The summed E-state index contributed by atoms with van der Waals surface area (Å²) in [6.07, 6.45) is 4.33. The smallest absolute Gasteiger partial charge is 0.308 e. The Morgan fingerprint density at radius 3 is 3.00 bits per heavy atom. The second kappa shape index (κ2) is 7.79. The maximum absolute atomic E-state index is 12.7. The van der Waals surface area contributed by atoms with Crippen molar-refractivity contribution in [1.82, 2.24) is 10.3 Å². The Labute approximate surface area is 146 Å². The van der Waals surface area contributed by atoms with Crippen molar-refractivity contribution in [2.45, 2.75) is 25.8 Å². The number of fused-ring (bicyclic) bond motifs is 1. The molecule has 1 amide bonds. The molecule has 0 unspecified atom stereocenters. The number of aromatic nitrogens is 1. The van der Waals surface area contributed by atoms with Gasteiger partial charge in [-0.2, -0.15) is 0 Å². The molecule has 2 aromatic rings. The van der Waals surface area contributed by atoms with Crippen LogP contribution in [0.1, 0.15) is 40.9 Å². The highest BCUT2D eigenvalue weighted by atomic mass is 16.5. The first-order valence-corrected chi connectivity index (χ1v) is 8.40. The van der Waals surface area contributed by atoms with Crippen LogP contribution in [-0.2, 0) is 16.0 Å². The number of nitrogens with one attached hydrogen (secondary N) is 2. The topological polar surface area (TPSA) is 80.3 Å². The van der Waals surface area contributed by atoms with Crippen LogP contribution in [0.15, 0.2) is 42.7 Å². The second-order valence-corrected chi connectivity index (χ2v) is 5.87. The normalized spacial score (nSPS) is 13.5. The first-order chi connectivity index (χ1) is 12.2. The molecule has 0 radical (unpaired) electrons. The van der Waals surface area contributed by atoms with E-state index in [1.807, 2.05) is 24.3 Å². The third-order valence-electron chi connectivity index (χ3n) is 4.15. The van der Waals surface area contributed by atoms with Gasteiger partial charge in [-0.1, -0.05) is 12.1 Å². The van der Waals surface area contributed by atoms with Crippen LogP contribution < -0.4 is 10.6 Å². The molecule has 130 valence electrons. The van der Waals surface area contributed by atoms with Crippen molar-refractivity contribution in [3.63, 3.8) is 0 Å². The lowest BCUT2D eigenvalue weighted by molar-refractivity contribution is -0.143. The van der Waals surface area contributed by atoms with Crippen molar-refractivity contribution in [3.8, 4) is 0 Å². The molecule has 0 fully saturated rings. The zero-order valence-corrected chi connectivity index (χ0v) is 14.1. The minimum absolute atomic E-state index is 0.0640. The summed E-state index contributed by atoms with van der Waals surface area (Å²) in [7, 11) is 0. The molecule has 1 atom stereocenters. The molecule has 6 heteroatoms. The quantitative estimate of drug-likeness (QED) is 0.790. The summed E-state index contributed by atoms with van der Waals surface area (Å²) in [6.45, 7) is 2.96. The van der Waals surface area contributed by atoms with E-state index in [-0.39, 0.29) is 18.3 Å². The summed E-state index contributed by atoms with van der Waals surface area (Å²) in [4.78, 5) is 28.6. The van der Waals surface area contributed by atoms with Crippen molar-refractivity contribution in [2.75, 3.05) is 18.5 Å². The van der Waals surface area contributed by atoms with Gasteiger partial charge in [0, 0.05) is 30.2 Å². The summed E-state index contributed by atoms with van der Waals surface area (Å²) in [5, 5.41) is 6.19. The van der Waals surface area contributed by atoms with E-state index < -0.39 is 6.04 Å². The van der Waals surface area contributed by atoms with Crippen LogP contribution in [0.25, 0.3) is 0 Å². The Balaban J connectivity index is 1.77. The van der Waals surface area contributed by atoms with Gasteiger partial charge in [0.1, 0.15) is 0 Å². The molecule has 1 aliphatic rings. The van der Waals surface area contributed by atoms with E-state index >= 15 is 0 Å². The number of ether oxygens (including phenoxy) is 1. The molecule has 2 heterocycles. The number of hydrogen-bond acceptors (Lipinski definition) is 5. The van der Waals surface area contributed by atoms with E-state index in [4.69, 9.17) is 4.74 Å². The van der Waals surface area contributed by atoms with Gasteiger partial charge in [-0.3, -0.25) is 14.6 Å². The fraction of sp³-hybridized carbons (Fsp3) is 0.316. The van der Waals surface area contributed by atoms with Crippen LogP contribution in [0.3, 0.4) is 0 Å². The SMILES string of the molecule is CCOC(=O)C[C@@H](NC(=O)c1ccc2c(c1)NCC2)c1cccnc1. The number of carbonyl (C=O) groups excluding carboxylic acids is 2. The van der Waals surface area contributed by atoms with Gasteiger partial charge in [0.15, 0.2) is 0 Å². The van der Waals surface area contributed by atoms with Gasteiger partial charge >= 0.3 is 5.97 Å². The van der Waals surface area contributed by atoms with Crippen molar-refractivity contribution < 1.29 is 14.3 Å². The third kappa shape index (κ3) is 4.15. The van der Waals surface area contributed by atoms with Crippen molar-refractivity contribution in [3.05, 3.63) is 59.4 Å². The summed E-state index contributed by atoms with van der Waals surface area (Å²) >= 11 is 0. The third-order valence-corrected chi connectivity index (χ3v) is 4.15. The van der Waals surface area contributed by atoms with Crippen LogP contribution in [0, 0.1) is 0 Å². The van der Waals surface area contributed by atoms with Gasteiger partial charge in [-0.25, -0.2) is 0 Å². The molecule has 0 saturated heterocycles. The summed E-state index contributed by atoms with van der Waals surface area (Å²) in [5.74, 6) is -0.582. The number of amides is 1. The van der Waals surface area contributed by atoms with Gasteiger partial charge < -0.3 is 15.4 Å². The van der Waals surface area contributed by atoms with Crippen LogP contribution in [0.4, 0.5) is 5.69 Å². The zero-order chi connectivity index (χ0) is 17.6. The molecule has 0 saturated carbocycles. The molecule has 1 aliphatic heterocycles. The number of carbonyl (C=O) groups is 2. The molecule has 2 N–H and O–H groups in total. The molecule has 0 aliphatic carbocycles. The number of benzene rings is 1. The Morgan fingerprint density at radius 2 is 2.24 bits per heavy atom. The van der Waals surface area contributed by atoms with E-state index in [9.17, 15) is 9.59 Å². The molecule has 0 spiro atoms. The van der Waals surface area contributed by atoms with Crippen molar-refractivity contribution in [1.29, 1.82) is 0 Å². The Bertz CT molecular complexity index is 762. The Kier molecular flexibility index (Phi) is 5.28. The van der Waals surface area contributed by atoms with Gasteiger partial charge in [-0.05, 0) is 42.7 Å². The van der Waals surface area contributed by atoms with E-state index in [1.165, 1.54) is 5.56 Å². The lowest BCUT2D eigenvalue weighted by atomic mass is 10.0. The predicted molar refractivity (Wildman–Crippen MR) is 94.3 cm³/mol. The van der Waals surface area contributed by atoms with Crippen LogP contribution >= 0.6 is 0 Å². The van der Waals surface area contributed by atoms with Crippen LogP contribution in [-0.4, -0.2) is 30.0 Å². The maximum Gasteiger partial charge on any atom is 0.308 e. The van der Waals surface area contributed by atoms with E-state index in [1.54, 1.807) is 25.4 Å². The largest absolute Gasteiger partial charge is 0.466 e. The first kappa shape index (κ1) is 17.0. The summed E-state index contributed by atoms with van der Waals surface area (Å²) < 4.78 is 5.02. The standard InChI is InChI=1S/C19H21N3O3/c1-2-25-18(23)11-17(15-4-3-8-20-12-15)22-19(24)14-6-5-13-7-9-21-16(13)10-14/h3-6,8,10,12,17,21H,2,7,9,11H2,1H3,(H,22,24)/t17-/m1/s1. The highest BCUT2D eigenvalue weighted by molar-refractivity contribution is 5.96. The second-order valence-electron chi connectivity index (χ2n) is 5.87. The van der Waals surface area contributed by atoms with E-state index in [2.05, 4.69) is 15.6 Å². The zero-order valence-electron chi connectivity index (χ0n) is 14.1. The van der Waals surface area contributed by atoms with Gasteiger partial charge in [0.25, 0.3) is 5.91 Å². The van der Waals surface area contributed by atoms with Gasteiger partial charge in [0.2, 0.25) is 0 Å². The van der Waals surface area contributed by atoms with Gasteiger partial charge in [-0.15, -0.1) is 0 Å². The highest BCUT2D eigenvalue weighted by Crippen LogP contribution is 2.24. The average Bonchev–Trinajstić information content (AvgIpc) is 3.09. The monoisotopic (exact) mass is 339 g/mol. The molecule has 6 nitrogen and oxygen atoms in total. The van der Waals surface area contributed by atoms with E-state index in [0.29, 0.717) is 12.2 Å². The fourth-order valence-electron chi connectivity index (χ4n) is 2.89. The number of pyridine rings is 1. The fourth-order valence-corrected chi connectivity index (χ4v) is 2.89. The molecular weight excluding hydrogens is 318 g/mol. The average molecular weight is 339 g/mol. The molecule has 0 bridgehead atoms. The number of anilines is 1. The number of nitrogens with zero attached hydrogens (tertiary/aromatic N) is 1. The van der Waals surface area contributed by atoms with Gasteiger partial charge in [0.05, 0.1) is 19.1 Å². The van der Waals surface area contributed by atoms with Crippen LogP contribution in [0.2, 0.25) is 0 Å². The molecule has 1 aromatic heterocycles. The molecular formula is C19H21N3O3. The Morgan fingerprint density at radius 1 is 1.36 bits per heavy atom. The molecule has 3 rings (SSSR count). The summed E-state index contributed by atoms with van der Waals surface area (Å²) in [5.41, 5.74) is 3.54. The lowest BCUT2D eigenvalue weighted by Crippen LogP contribution is -2.30. The minimum atomic E-state index is -0.485. The molecule has 1 aromatic carbocycles. The maximum atomic E-state index is 12.7. The van der Waals surface area contributed by atoms with Crippen molar-refractivity contribution >= 4 is 17.6 Å².